The molecule has 0 saturated heterocycles. The number of thioether (sulfide) groups is 1. The van der Waals surface area contributed by atoms with Crippen LogP contribution in [0.1, 0.15) is 24.4 Å². The van der Waals surface area contributed by atoms with E-state index >= 15 is 0 Å². The molecule has 0 fully saturated rings. The Kier molecular flexibility index (Phi) is 5.38. The van der Waals surface area contributed by atoms with Crippen molar-refractivity contribution in [3.05, 3.63) is 60.2 Å². The Hall–Kier alpha value is -2.34. The summed E-state index contributed by atoms with van der Waals surface area (Å²) in [5.41, 5.74) is 2.96. The largest absolute Gasteiger partial charge is 0.337 e. The van der Waals surface area contributed by atoms with E-state index in [-0.39, 0.29) is 18.5 Å². The third-order valence-electron chi connectivity index (χ3n) is 4.44. The fourth-order valence-corrected chi connectivity index (χ4v) is 3.33. The van der Waals surface area contributed by atoms with Crippen LogP contribution in [0, 0.1) is 0 Å². The lowest BCUT2D eigenvalue weighted by atomic mass is 10.1. The second kappa shape index (κ2) is 7.70. The van der Waals surface area contributed by atoms with Gasteiger partial charge in [-0.1, -0.05) is 18.2 Å². The highest BCUT2D eigenvalue weighted by atomic mass is 32.2. The number of pyridine rings is 1. The maximum atomic E-state index is 12.9. The van der Waals surface area contributed by atoms with Crippen LogP contribution < -0.4 is 0 Å². The Morgan fingerprint density at radius 2 is 2.08 bits per heavy atom. The normalized spacial score (nSPS) is 12.3. The van der Waals surface area contributed by atoms with Crippen molar-refractivity contribution < 1.29 is 4.79 Å². The molecule has 0 aliphatic rings. The van der Waals surface area contributed by atoms with Gasteiger partial charge in [0.05, 0.1) is 22.8 Å². The van der Waals surface area contributed by atoms with Gasteiger partial charge in [-0.25, -0.2) is 4.98 Å². The van der Waals surface area contributed by atoms with Crippen LogP contribution in [0.2, 0.25) is 0 Å². The predicted molar refractivity (Wildman–Crippen MR) is 102 cm³/mol. The molecule has 0 spiro atoms. The predicted octanol–water partition coefficient (Wildman–Crippen LogP) is 3.51. The second-order valence-corrected chi connectivity index (χ2v) is 6.87. The lowest BCUT2D eigenvalue weighted by Crippen LogP contribution is -2.33. The van der Waals surface area contributed by atoms with E-state index in [0.29, 0.717) is 0 Å². The molecule has 0 aliphatic carbocycles. The number of rotatable bonds is 6. The van der Waals surface area contributed by atoms with E-state index in [1.165, 1.54) is 0 Å². The van der Waals surface area contributed by atoms with Crippen LogP contribution in [0.25, 0.3) is 11.0 Å². The Labute approximate surface area is 152 Å². The second-order valence-electron chi connectivity index (χ2n) is 6.00. The Morgan fingerprint density at radius 1 is 1.28 bits per heavy atom. The highest BCUT2D eigenvalue weighted by Crippen LogP contribution is 2.21. The monoisotopic (exact) mass is 354 g/mol. The molecule has 130 valence electrons. The number of nitrogens with zero attached hydrogens (tertiary/aromatic N) is 4. The molecule has 0 saturated carbocycles. The number of carbonyl (C=O) groups excluding carboxylic acids is 1. The fourth-order valence-electron chi connectivity index (χ4n) is 2.85. The smallest absolute Gasteiger partial charge is 0.242 e. The number of carbonyl (C=O) groups is 1. The topological polar surface area (TPSA) is 51.0 Å². The quantitative estimate of drug-likeness (QED) is 0.680. The van der Waals surface area contributed by atoms with E-state index in [1.807, 2.05) is 61.2 Å². The van der Waals surface area contributed by atoms with Crippen molar-refractivity contribution in [1.82, 2.24) is 19.4 Å². The van der Waals surface area contributed by atoms with Crippen LogP contribution in [-0.2, 0) is 17.1 Å². The van der Waals surface area contributed by atoms with E-state index < -0.39 is 0 Å². The molecular weight excluding hydrogens is 332 g/mol. The summed E-state index contributed by atoms with van der Waals surface area (Å²) in [7, 11) is 1.84. The summed E-state index contributed by atoms with van der Waals surface area (Å²) < 4.78 is 2.03. The SMILES string of the molecule is CSCc1nc2ccccc2n1CC(=O)N(C)C(C)c1cccnc1. The van der Waals surface area contributed by atoms with Crippen molar-refractivity contribution in [2.24, 2.45) is 0 Å². The van der Waals surface area contributed by atoms with Crippen LogP contribution in [0.5, 0.6) is 0 Å². The number of hydrogen-bond acceptors (Lipinski definition) is 4. The van der Waals surface area contributed by atoms with Gasteiger partial charge in [0.1, 0.15) is 12.4 Å². The van der Waals surface area contributed by atoms with Gasteiger partial charge in [-0.3, -0.25) is 9.78 Å². The number of imidazole rings is 1. The molecule has 6 heteroatoms. The fraction of sp³-hybridized carbons (Fsp3) is 0.316. The van der Waals surface area contributed by atoms with Crippen molar-refractivity contribution in [3.63, 3.8) is 0 Å². The minimum Gasteiger partial charge on any atom is -0.337 e. The summed E-state index contributed by atoms with van der Waals surface area (Å²) in [6, 6.07) is 11.8. The zero-order valence-corrected chi connectivity index (χ0v) is 15.5. The number of amides is 1. The molecule has 1 unspecified atom stereocenters. The van der Waals surface area contributed by atoms with Crippen LogP contribution in [-0.4, -0.2) is 38.6 Å². The Balaban J connectivity index is 1.85. The molecule has 2 heterocycles. The third kappa shape index (κ3) is 3.69. The molecule has 0 radical (unpaired) electrons. The van der Waals surface area contributed by atoms with E-state index in [0.717, 1.165) is 28.2 Å². The minimum absolute atomic E-state index is 0.0278. The van der Waals surface area contributed by atoms with Crippen LogP contribution >= 0.6 is 11.8 Å². The lowest BCUT2D eigenvalue weighted by Gasteiger charge is -2.25. The molecule has 0 aliphatic heterocycles. The maximum Gasteiger partial charge on any atom is 0.242 e. The third-order valence-corrected chi connectivity index (χ3v) is 4.99. The first-order valence-electron chi connectivity index (χ1n) is 8.20. The number of para-hydroxylation sites is 2. The highest BCUT2D eigenvalue weighted by Gasteiger charge is 2.20. The standard InChI is InChI=1S/C19H22N4OS/c1-14(15-7-6-10-20-11-15)22(2)19(24)12-23-17-9-5-4-8-16(17)21-18(23)13-25-3/h4-11,14H,12-13H2,1-3H3. The zero-order valence-electron chi connectivity index (χ0n) is 14.7. The summed E-state index contributed by atoms with van der Waals surface area (Å²) in [6.45, 7) is 2.31. The van der Waals surface area contributed by atoms with Gasteiger partial charge < -0.3 is 9.47 Å². The molecule has 0 N–H and O–H groups in total. The minimum atomic E-state index is -0.0278. The van der Waals surface area contributed by atoms with E-state index in [4.69, 9.17) is 0 Å². The molecule has 3 aromatic rings. The van der Waals surface area contributed by atoms with Gasteiger partial charge in [0.2, 0.25) is 5.91 Å². The van der Waals surface area contributed by atoms with Gasteiger partial charge in [-0.15, -0.1) is 0 Å². The number of hydrogen-bond donors (Lipinski definition) is 0. The molecule has 2 aromatic heterocycles. The van der Waals surface area contributed by atoms with Crippen molar-refractivity contribution >= 4 is 28.7 Å². The first-order valence-corrected chi connectivity index (χ1v) is 9.60. The molecule has 1 atom stereocenters. The lowest BCUT2D eigenvalue weighted by molar-refractivity contribution is -0.132. The van der Waals surface area contributed by atoms with Crippen LogP contribution in [0.15, 0.2) is 48.8 Å². The first kappa shape index (κ1) is 17.5. The number of fused-ring (bicyclic) bond motifs is 1. The summed E-state index contributed by atoms with van der Waals surface area (Å²) in [4.78, 5) is 23.5. The number of aromatic nitrogens is 3. The van der Waals surface area contributed by atoms with Gasteiger partial charge in [0, 0.05) is 19.4 Å². The van der Waals surface area contributed by atoms with Crippen LogP contribution in [0.4, 0.5) is 0 Å². The molecule has 3 rings (SSSR count). The van der Waals surface area contributed by atoms with E-state index in [2.05, 4.69) is 9.97 Å². The van der Waals surface area contributed by atoms with Gasteiger partial charge in [-0.05, 0) is 36.9 Å². The van der Waals surface area contributed by atoms with Gasteiger partial charge in [-0.2, -0.15) is 11.8 Å². The van der Waals surface area contributed by atoms with E-state index in [1.54, 1.807) is 29.1 Å². The van der Waals surface area contributed by atoms with Crippen molar-refractivity contribution in [1.29, 1.82) is 0 Å². The van der Waals surface area contributed by atoms with Crippen molar-refractivity contribution in [3.8, 4) is 0 Å². The molecular formula is C19H22N4OS. The number of benzene rings is 1. The van der Waals surface area contributed by atoms with Crippen LogP contribution in [0.3, 0.4) is 0 Å². The molecule has 1 amide bonds. The number of likely N-dealkylation sites (N-methyl/N-ethyl adjacent to an activating group) is 1. The van der Waals surface area contributed by atoms with Gasteiger partial charge in [0.15, 0.2) is 0 Å². The van der Waals surface area contributed by atoms with E-state index in [9.17, 15) is 4.79 Å². The average molecular weight is 354 g/mol. The highest BCUT2D eigenvalue weighted by molar-refractivity contribution is 7.97. The first-order chi connectivity index (χ1) is 12.1. The molecule has 5 nitrogen and oxygen atoms in total. The molecule has 0 bridgehead atoms. The molecule has 1 aromatic carbocycles. The summed E-state index contributed by atoms with van der Waals surface area (Å²) in [5, 5.41) is 0. The summed E-state index contributed by atoms with van der Waals surface area (Å²) in [6.07, 6.45) is 5.59. The average Bonchev–Trinajstić information content (AvgIpc) is 2.99. The zero-order chi connectivity index (χ0) is 17.8. The molecule has 25 heavy (non-hydrogen) atoms. The maximum absolute atomic E-state index is 12.9. The van der Waals surface area contributed by atoms with Crippen molar-refractivity contribution in [2.75, 3.05) is 13.3 Å². The summed E-state index contributed by atoms with van der Waals surface area (Å²) >= 11 is 1.71. The van der Waals surface area contributed by atoms with Gasteiger partial charge >= 0.3 is 0 Å². The Bertz CT molecular complexity index is 862. The summed E-state index contributed by atoms with van der Waals surface area (Å²) in [5.74, 6) is 1.77. The van der Waals surface area contributed by atoms with Crippen molar-refractivity contribution in [2.45, 2.75) is 25.3 Å². The Morgan fingerprint density at radius 3 is 2.80 bits per heavy atom. The van der Waals surface area contributed by atoms with Gasteiger partial charge in [0.25, 0.3) is 0 Å².